The van der Waals surface area contributed by atoms with Crippen LogP contribution in [0.15, 0.2) is 34.8 Å². The summed E-state index contributed by atoms with van der Waals surface area (Å²) in [6.45, 7) is 21.5. The predicted molar refractivity (Wildman–Crippen MR) is 190 cm³/mol. The summed E-state index contributed by atoms with van der Waals surface area (Å²) in [5, 5.41) is 0.511. The molecule has 0 N–H and O–H groups in total. The van der Waals surface area contributed by atoms with Gasteiger partial charge >= 0.3 is 6.18 Å². The number of halogens is 18. The van der Waals surface area contributed by atoms with E-state index in [4.69, 9.17) is 81.2 Å². The molecule has 0 saturated carbocycles. The SMILES string of the molecule is C.C=C(C)Cl.C=C(C)Cl.C=C(C)Cl.CC(C)(F)Cl.CC(Cl)CCl.CCCl.CCl.Cl.Cl.Cl.F.FC(F)(F)C(Cl)Cl. The lowest BCUT2D eigenvalue weighted by atomic mass is 10.5. The molecule has 1 unspecified atom stereocenters. The van der Waals surface area contributed by atoms with E-state index in [-0.39, 0.29) is 54.7 Å². The van der Waals surface area contributed by atoms with Crippen molar-refractivity contribution >= 4 is 153 Å². The van der Waals surface area contributed by atoms with E-state index in [1.54, 1.807) is 20.8 Å². The number of allylic oxidation sites excluding steroid dienone is 3. The van der Waals surface area contributed by atoms with Crippen molar-refractivity contribution in [3.05, 3.63) is 34.8 Å². The minimum absolute atomic E-state index is 0. The molecule has 0 nitrogen and oxygen atoms in total. The molecule has 0 fully saturated rings. The predicted octanol–water partition coefficient (Wildman–Crippen LogP) is 15.6. The zero-order chi connectivity index (χ0) is 30.3. The van der Waals surface area contributed by atoms with Crippen molar-refractivity contribution in [1.82, 2.24) is 0 Å². The molecule has 0 aliphatic rings. The van der Waals surface area contributed by atoms with Crippen LogP contribution < -0.4 is 0 Å². The monoisotopic (exact) mass is 846 g/mol. The maximum Gasteiger partial charge on any atom is 0.418 e. The van der Waals surface area contributed by atoms with Gasteiger partial charge in [0.1, 0.15) is 0 Å². The lowest BCUT2D eigenvalue weighted by Crippen LogP contribution is -2.16. The molecule has 0 aliphatic heterocycles. The van der Waals surface area contributed by atoms with E-state index in [1.807, 2.05) is 13.8 Å². The summed E-state index contributed by atoms with van der Waals surface area (Å²) in [6, 6.07) is 0. The Labute approximate surface area is 303 Å². The summed E-state index contributed by atoms with van der Waals surface area (Å²) < 4.78 is 44.2. The minimum atomic E-state index is -4.47. The fourth-order valence-electron chi connectivity index (χ4n) is 0. The van der Waals surface area contributed by atoms with Crippen LogP contribution in [-0.4, -0.2) is 39.7 Å². The quantitative estimate of drug-likeness (QED) is 0.182. The van der Waals surface area contributed by atoms with Crippen LogP contribution in [0.3, 0.4) is 0 Å². The standard InChI is InChI=1S/C3H6Cl2.C3H6ClF.3C3H5Cl.C2HCl2F3.C2H5Cl.CH3Cl.CH4.3ClH.FH/c1-3(5)2-4;1-3(2,4)5;3*1-3(2)4;3-1(4)2(5,6)7;1-2-3;1-2;;;;;/h3H,2H2,1H3;1-2H3;3*1H2,2H3;1H;2H2,1H3;1H3;1H4;4*1H. The van der Waals surface area contributed by atoms with Gasteiger partial charge in [-0.1, -0.05) is 104 Å². The molecule has 0 spiro atoms. The summed E-state index contributed by atoms with van der Waals surface area (Å²) in [5.41, 5.74) is 0. The van der Waals surface area contributed by atoms with Crippen LogP contribution in [0.5, 0.6) is 0 Å². The summed E-state index contributed by atoms with van der Waals surface area (Å²) in [7, 11) is 0. The van der Waals surface area contributed by atoms with Crippen molar-refractivity contribution in [3.8, 4) is 0 Å². The zero-order valence-electron chi connectivity index (χ0n) is 22.1. The summed E-state index contributed by atoms with van der Waals surface area (Å²) in [4.78, 5) is -2.26. The molecule has 0 saturated heterocycles. The Morgan fingerprint density at radius 3 is 0.795 bits per heavy atom. The molecule has 0 rings (SSSR count). The topological polar surface area (TPSA) is 0 Å². The van der Waals surface area contributed by atoms with Gasteiger partial charge in [0, 0.05) is 38.6 Å². The van der Waals surface area contributed by atoms with Crippen molar-refractivity contribution in [2.24, 2.45) is 0 Å². The van der Waals surface area contributed by atoms with Crippen molar-refractivity contribution < 1.29 is 22.3 Å². The van der Waals surface area contributed by atoms with Gasteiger partial charge in [-0.3, -0.25) is 4.70 Å². The van der Waals surface area contributed by atoms with Gasteiger partial charge in [-0.05, 0) is 41.5 Å². The molecule has 0 bridgehead atoms. The lowest BCUT2D eigenvalue weighted by molar-refractivity contribution is -0.115. The van der Waals surface area contributed by atoms with E-state index < -0.39 is 16.1 Å². The van der Waals surface area contributed by atoms with Crippen LogP contribution in [0, 0.1) is 0 Å². The Kier molecular flexibility index (Phi) is 137. The molecule has 0 aromatic rings. The first-order chi connectivity index (χ1) is 14.8. The molecule has 0 heterocycles. The van der Waals surface area contributed by atoms with Gasteiger partial charge in [-0.15, -0.1) is 83.6 Å². The lowest BCUT2D eigenvalue weighted by Gasteiger charge is -2.03. The highest BCUT2D eigenvalue weighted by molar-refractivity contribution is 6.44. The fourth-order valence-corrected chi connectivity index (χ4v) is 0. The summed E-state index contributed by atoms with van der Waals surface area (Å²) in [5.74, 6) is 1.27. The van der Waals surface area contributed by atoms with Crippen molar-refractivity contribution in [2.45, 2.75) is 77.4 Å². The second-order valence-corrected chi connectivity index (χ2v) is 10.9. The van der Waals surface area contributed by atoms with Gasteiger partial charge in [0.2, 0.25) is 4.84 Å². The van der Waals surface area contributed by atoms with Crippen molar-refractivity contribution in [2.75, 3.05) is 18.1 Å². The van der Waals surface area contributed by atoms with Gasteiger partial charge in [0.05, 0.1) is 0 Å². The molecular weight excluding hydrogens is 808 g/mol. The van der Waals surface area contributed by atoms with Crippen LogP contribution in [0.2, 0.25) is 0 Å². The third kappa shape index (κ3) is 536. The normalized spacial score (nSPS) is 8.38. The van der Waals surface area contributed by atoms with Crippen LogP contribution in [0.1, 0.15) is 55.9 Å². The van der Waals surface area contributed by atoms with E-state index in [2.05, 4.69) is 54.5 Å². The molecule has 0 aliphatic carbocycles. The summed E-state index contributed by atoms with van der Waals surface area (Å²) >= 11 is 49.1. The van der Waals surface area contributed by atoms with Gasteiger partial charge < -0.3 is 0 Å². The van der Waals surface area contributed by atoms with E-state index in [0.717, 1.165) is 5.88 Å². The minimum Gasteiger partial charge on any atom is -0.269 e. The van der Waals surface area contributed by atoms with Crippen LogP contribution >= 0.6 is 153 Å². The molecule has 39 heavy (non-hydrogen) atoms. The Bertz CT molecular complexity index is 371. The van der Waals surface area contributed by atoms with Crippen molar-refractivity contribution in [3.63, 3.8) is 0 Å². The van der Waals surface area contributed by atoms with E-state index in [0.29, 0.717) is 21.0 Å². The molecule has 18 heteroatoms. The maximum absolute atomic E-state index is 11.5. The molecular formula is C21H44Cl13F5. The average molecular weight is 852 g/mol. The number of rotatable bonds is 1. The molecule has 0 radical (unpaired) electrons. The first-order valence-corrected chi connectivity index (χ1v) is 13.3. The highest BCUT2D eigenvalue weighted by Crippen LogP contribution is 2.27. The third-order valence-electron chi connectivity index (χ3n) is 0.460. The Morgan fingerprint density at radius 1 is 0.744 bits per heavy atom. The maximum atomic E-state index is 11.5. The van der Waals surface area contributed by atoms with E-state index in [1.165, 1.54) is 20.2 Å². The Hall–Kier alpha value is 2.64. The van der Waals surface area contributed by atoms with E-state index in [9.17, 15) is 17.6 Å². The van der Waals surface area contributed by atoms with Gasteiger partial charge in [-0.2, -0.15) is 13.2 Å². The molecule has 0 amide bonds. The van der Waals surface area contributed by atoms with Crippen LogP contribution in [0.25, 0.3) is 0 Å². The molecule has 0 aromatic carbocycles. The van der Waals surface area contributed by atoms with Gasteiger partial charge in [-0.25, -0.2) is 4.39 Å². The first kappa shape index (κ1) is 83.8. The largest absolute Gasteiger partial charge is 0.418 e. The number of alkyl halides is 11. The van der Waals surface area contributed by atoms with Gasteiger partial charge in [0.25, 0.3) is 0 Å². The molecule has 0 aromatic heterocycles. The second kappa shape index (κ2) is 63.8. The van der Waals surface area contributed by atoms with Crippen LogP contribution in [0.4, 0.5) is 22.3 Å². The average Bonchev–Trinajstić information content (AvgIpc) is 2.54. The van der Waals surface area contributed by atoms with Crippen LogP contribution in [-0.2, 0) is 0 Å². The zero-order valence-corrected chi connectivity index (χ0v) is 32.1. The van der Waals surface area contributed by atoms with E-state index >= 15 is 0 Å². The first-order valence-electron chi connectivity index (χ1n) is 8.62. The number of hydrogen-bond donors (Lipinski definition) is 0. The van der Waals surface area contributed by atoms with Crippen molar-refractivity contribution in [1.29, 1.82) is 0 Å². The van der Waals surface area contributed by atoms with Gasteiger partial charge in [0.15, 0.2) is 5.13 Å². The highest BCUT2D eigenvalue weighted by atomic mass is 35.5. The highest BCUT2D eigenvalue weighted by Gasteiger charge is 2.36. The third-order valence-corrected chi connectivity index (χ3v) is 1.73. The molecule has 254 valence electrons. The second-order valence-electron chi connectivity index (χ2n) is 5.40. The summed E-state index contributed by atoms with van der Waals surface area (Å²) in [6.07, 6.45) is -3.00. The molecule has 1 atom stereocenters. The Morgan fingerprint density at radius 2 is 0.795 bits per heavy atom. The fraction of sp³-hybridized carbons (Fsp3) is 0.714. The smallest absolute Gasteiger partial charge is 0.269 e. The Balaban J connectivity index is -0.0000000180. The number of hydrogen-bond acceptors (Lipinski definition) is 0.